The maximum atomic E-state index is 13.1. The first-order valence-corrected chi connectivity index (χ1v) is 11.5. The smallest absolute Gasteiger partial charge is 0.257 e. The highest BCUT2D eigenvalue weighted by molar-refractivity contribution is 6.53. The van der Waals surface area contributed by atoms with E-state index >= 15 is 0 Å². The van der Waals surface area contributed by atoms with Crippen LogP contribution in [0.4, 0.5) is 15.8 Å². The van der Waals surface area contributed by atoms with Gasteiger partial charge in [-0.05, 0) is 66.2 Å². The van der Waals surface area contributed by atoms with Crippen molar-refractivity contribution in [2.45, 2.75) is 10.3 Å². The predicted molar refractivity (Wildman–Crippen MR) is 132 cm³/mol. The molecule has 1 saturated carbocycles. The topological polar surface area (TPSA) is 58.2 Å². The molecular weight excluding hydrogens is 533 g/mol. The third kappa shape index (κ3) is 5.23. The van der Waals surface area contributed by atoms with Gasteiger partial charge in [-0.15, -0.1) is 23.2 Å². The molecule has 0 aliphatic heterocycles. The van der Waals surface area contributed by atoms with Crippen LogP contribution in [0.25, 0.3) is 0 Å². The van der Waals surface area contributed by atoms with Crippen LogP contribution in [0.2, 0.25) is 15.1 Å². The highest BCUT2D eigenvalue weighted by Gasteiger charge is 2.67. The van der Waals surface area contributed by atoms with Crippen molar-refractivity contribution in [1.82, 2.24) is 0 Å². The normalized spacial score (nSPS) is 18.5. The molecule has 2 atom stereocenters. The number of rotatable bonds is 5. The van der Waals surface area contributed by atoms with Crippen LogP contribution in [-0.2, 0) is 4.79 Å². The summed E-state index contributed by atoms with van der Waals surface area (Å²) in [4.78, 5) is 25.6. The van der Waals surface area contributed by atoms with Gasteiger partial charge >= 0.3 is 0 Å². The lowest BCUT2D eigenvalue weighted by atomic mass is 10.1. The van der Waals surface area contributed by atoms with E-state index in [1.165, 1.54) is 36.4 Å². The van der Waals surface area contributed by atoms with E-state index in [4.69, 9.17) is 58.0 Å². The zero-order chi connectivity index (χ0) is 23.9. The van der Waals surface area contributed by atoms with Crippen molar-refractivity contribution in [3.63, 3.8) is 0 Å². The summed E-state index contributed by atoms with van der Waals surface area (Å²) in [5.74, 6) is -2.66. The Kier molecular flexibility index (Phi) is 6.81. The van der Waals surface area contributed by atoms with E-state index in [9.17, 15) is 14.0 Å². The van der Waals surface area contributed by atoms with E-state index in [0.717, 1.165) is 0 Å². The fourth-order valence-electron chi connectivity index (χ4n) is 3.55. The molecule has 0 aromatic heterocycles. The molecule has 170 valence electrons. The number of hydrogen-bond acceptors (Lipinski definition) is 2. The first-order chi connectivity index (χ1) is 15.6. The summed E-state index contributed by atoms with van der Waals surface area (Å²) < 4.78 is 11.7. The molecule has 4 nitrogen and oxygen atoms in total. The minimum Gasteiger partial charge on any atom is -0.326 e. The van der Waals surface area contributed by atoms with Crippen LogP contribution in [0, 0.1) is 11.7 Å². The summed E-state index contributed by atoms with van der Waals surface area (Å²) in [5.41, 5.74) is 1.48. The van der Waals surface area contributed by atoms with Gasteiger partial charge in [0.25, 0.3) is 5.91 Å². The molecule has 0 unspecified atom stereocenters. The molecule has 1 fully saturated rings. The van der Waals surface area contributed by atoms with Crippen molar-refractivity contribution in [2.24, 2.45) is 5.92 Å². The number of hydrogen-bond donors (Lipinski definition) is 2. The molecule has 0 bridgehead atoms. The van der Waals surface area contributed by atoms with Crippen LogP contribution in [-0.4, -0.2) is 16.1 Å². The molecule has 1 aliphatic rings. The summed E-state index contributed by atoms with van der Waals surface area (Å²) in [6.45, 7) is 0. The lowest BCUT2D eigenvalue weighted by molar-refractivity contribution is -0.117. The van der Waals surface area contributed by atoms with Crippen molar-refractivity contribution < 1.29 is 14.0 Å². The number of carbonyl (C=O) groups excluding carboxylic acids is 2. The summed E-state index contributed by atoms with van der Waals surface area (Å²) in [6, 6.07) is 14.6. The number of benzene rings is 3. The van der Waals surface area contributed by atoms with Crippen LogP contribution in [0.1, 0.15) is 21.8 Å². The number of carbonyl (C=O) groups is 2. The second-order valence-electron chi connectivity index (χ2n) is 7.48. The van der Waals surface area contributed by atoms with Crippen LogP contribution in [0.3, 0.4) is 0 Å². The van der Waals surface area contributed by atoms with E-state index in [0.29, 0.717) is 27.0 Å². The van der Waals surface area contributed by atoms with Gasteiger partial charge in [-0.3, -0.25) is 9.59 Å². The second-order valence-corrected chi connectivity index (χ2v) is 10.2. The zero-order valence-corrected chi connectivity index (χ0v) is 20.3. The van der Waals surface area contributed by atoms with Crippen molar-refractivity contribution in [1.29, 1.82) is 0 Å². The third-order valence-corrected chi connectivity index (χ3v) is 6.87. The second kappa shape index (κ2) is 9.32. The summed E-state index contributed by atoms with van der Waals surface area (Å²) in [7, 11) is 0. The molecule has 3 aromatic carbocycles. The molecule has 0 spiro atoms. The van der Waals surface area contributed by atoms with Gasteiger partial charge in [-0.25, -0.2) is 4.39 Å². The molecular formula is C23H14Cl5FN2O2. The third-order valence-electron chi connectivity index (χ3n) is 5.16. The number of nitrogens with one attached hydrogen (secondary N) is 2. The maximum Gasteiger partial charge on any atom is 0.257 e. The average molecular weight is 547 g/mol. The van der Waals surface area contributed by atoms with Crippen LogP contribution in [0.15, 0.2) is 60.7 Å². The fourth-order valence-corrected chi connectivity index (χ4v) is 5.13. The van der Waals surface area contributed by atoms with E-state index in [-0.39, 0.29) is 10.6 Å². The number of anilines is 2. The molecule has 0 saturated heterocycles. The lowest BCUT2D eigenvalue weighted by Crippen LogP contribution is -2.18. The standard InChI is InChI=1S/C23H14Cl5FN2O2/c24-12-7-11(8-13(25)9-12)19-20(23(19,27)28)22(33)31-16-5-6-18(26)17(10-16)21(32)30-15-3-1-14(29)2-4-15/h1-10,19-20H,(H,30,32)(H,31,33)/t19-,20+/m0/s1. The van der Waals surface area contributed by atoms with Gasteiger partial charge in [0.05, 0.1) is 16.5 Å². The van der Waals surface area contributed by atoms with Gasteiger partial charge in [0, 0.05) is 27.3 Å². The van der Waals surface area contributed by atoms with Gasteiger partial charge in [0.15, 0.2) is 0 Å². The largest absolute Gasteiger partial charge is 0.326 e. The van der Waals surface area contributed by atoms with Gasteiger partial charge in [-0.2, -0.15) is 0 Å². The Balaban J connectivity index is 1.50. The first-order valence-electron chi connectivity index (χ1n) is 9.57. The molecule has 1 aliphatic carbocycles. The average Bonchev–Trinajstić information content (AvgIpc) is 3.32. The maximum absolute atomic E-state index is 13.1. The van der Waals surface area contributed by atoms with Crippen molar-refractivity contribution in [3.8, 4) is 0 Å². The van der Waals surface area contributed by atoms with E-state index in [2.05, 4.69) is 10.6 Å². The van der Waals surface area contributed by atoms with Gasteiger partial charge in [0.1, 0.15) is 10.2 Å². The molecule has 10 heteroatoms. The lowest BCUT2D eigenvalue weighted by Gasteiger charge is -2.10. The molecule has 2 amide bonds. The van der Waals surface area contributed by atoms with Crippen molar-refractivity contribution >= 4 is 81.2 Å². The monoisotopic (exact) mass is 544 g/mol. The SMILES string of the molecule is O=C(Nc1ccc(F)cc1)c1cc(NC(=O)[C@H]2[C@H](c3cc(Cl)cc(Cl)c3)C2(Cl)Cl)ccc1Cl. The van der Waals surface area contributed by atoms with Crippen LogP contribution >= 0.6 is 58.0 Å². The Morgan fingerprint density at radius 1 is 0.818 bits per heavy atom. The van der Waals surface area contributed by atoms with Gasteiger partial charge in [0.2, 0.25) is 5.91 Å². The van der Waals surface area contributed by atoms with Gasteiger partial charge < -0.3 is 10.6 Å². The number of halogens is 6. The Morgan fingerprint density at radius 3 is 2.06 bits per heavy atom. The molecule has 2 N–H and O–H groups in total. The zero-order valence-electron chi connectivity index (χ0n) is 16.5. The van der Waals surface area contributed by atoms with E-state index in [1.807, 2.05) is 0 Å². The summed E-state index contributed by atoms with van der Waals surface area (Å²) in [6.07, 6.45) is 0. The number of amides is 2. The summed E-state index contributed by atoms with van der Waals surface area (Å²) >= 11 is 31.1. The quantitative estimate of drug-likeness (QED) is 0.325. The van der Waals surface area contributed by atoms with Crippen LogP contribution in [0.5, 0.6) is 0 Å². The van der Waals surface area contributed by atoms with Crippen LogP contribution < -0.4 is 10.6 Å². The predicted octanol–water partition coefficient (Wildman–Crippen LogP) is 7.56. The fraction of sp³-hybridized carbons (Fsp3) is 0.130. The number of alkyl halides is 2. The highest BCUT2D eigenvalue weighted by Crippen LogP contribution is 2.65. The first kappa shape index (κ1) is 24.1. The van der Waals surface area contributed by atoms with Crippen molar-refractivity contribution in [2.75, 3.05) is 10.6 Å². The molecule has 3 aromatic rings. The Hall–Kier alpha value is -2.02. The summed E-state index contributed by atoms with van der Waals surface area (Å²) in [5, 5.41) is 6.33. The Labute approximate surface area is 213 Å². The van der Waals surface area contributed by atoms with E-state index in [1.54, 1.807) is 24.3 Å². The minimum atomic E-state index is -1.34. The molecule has 33 heavy (non-hydrogen) atoms. The molecule has 0 heterocycles. The van der Waals surface area contributed by atoms with Crippen molar-refractivity contribution in [3.05, 3.63) is 92.7 Å². The Morgan fingerprint density at radius 2 is 1.42 bits per heavy atom. The Bertz CT molecular complexity index is 1230. The van der Waals surface area contributed by atoms with Gasteiger partial charge in [-0.1, -0.05) is 34.8 Å². The highest BCUT2D eigenvalue weighted by atomic mass is 35.5. The minimum absolute atomic E-state index is 0.121. The van der Waals surface area contributed by atoms with E-state index < -0.39 is 33.8 Å². The molecule has 0 radical (unpaired) electrons. The molecule has 4 rings (SSSR count).